The third-order valence-electron chi connectivity index (χ3n) is 2.95. The number of halogens is 1. The first-order valence-electron chi connectivity index (χ1n) is 6.78. The van der Waals surface area contributed by atoms with Crippen LogP contribution in [0.1, 0.15) is 31.4 Å². The molecular formula is C16H22ClNO2. The lowest BCUT2D eigenvalue weighted by molar-refractivity contribution is -0.117. The van der Waals surface area contributed by atoms with Crippen LogP contribution < -0.4 is 5.32 Å². The van der Waals surface area contributed by atoms with Crippen molar-refractivity contribution >= 4 is 23.6 Å². The summed E-state index contributed by atoms with van der Waals surface area (Å²) >= 11 is 6.03. The molecule has 0 heterocycles. The summed E-state index contributed by atoms with van der Waals surface area (Å²) < 4.78 is 0. The maximum atomic E-state index is 11.8. The monoisotopic (exact) mass is 295 g/mol. The van der Waals surface area contributed by atoms with Crippen LogP contribution in [0.5, 0.6) is 0 Å². The van der Waals surface area contributed by atoms with Gasteiger partial charge in [-0.25, -0.2) is 0 Å². The predicted octanol–water partition coefficient (Wildman–Crippen LogP) is 3.18. The van der Waals surface area contributed by atoms with Gasteiger partial charge in [0.2, 0.25) is 5.91 Å². The number of nitrogens with one attached hydrogen (secondary N) is 1. The lowest BCUT2D eigenvalue weighted by Gasteiger charge is -2.17. The summed E-state index contributed by atoms with van der Waals surface area (Å²) in [6.07, 6.45) is 3.93. The van der Waals surface area contributed by atoms with Crippen molar-refractivity contribution in [2.24, 2.45) is 5.92 Å². The van der Waals surface area contributed by atoms with Gasteiger partial charge < -0.3 is 10.4 Å². The number of hydrogen-bond acceptors (Lipinski definition) is 2. The molecule has 2 N–H and O–H groups in total. The smallest absolute Gasteiger partial charge is 0.244 e. The number of carbonyl (C=O) groups is 1. The molecule has 0 spiro atoms. The molecule has 0 aromatic heterocycles. The number of aliphatic hydroxyl groups is 1. The summed E-state index contributed by atoms with van der Waals surface area (Å²) in [5.41, 5.74) is 1.88. The molecule has 0 saturated heterocycles. The van der Waals surface area contributed by atoms with Crippen molar-refractivity contribution in [3.63, 3.8) is 0 Å². The van der Waals surface area contributed by atoms with E-state index in [0.717, 1.165) is 17.5 Å². The zero-order chi connectivity index (χ0) is 15.1. The number of amides is 1. The molecule has 0 fully saturated rings. The fourth-order valence-corrected chi connectivity index (χ4v) is 2.07. The fraction of sp³-hybridized carbons (Fsp3) is 0.438. The highest BCUT2D eigenvalue weighted by atomic mass is 35.5. The molecule has 0 aliphatic carbocycles. The van der Waals surface area contributed by atoms with E-state index in [9.17, 15) is 9.90 Å². The number of aliphatic hydroxyl groups excluding tert-OH is 1. The Labute approximate surface area is 125 Å². The first-order valence-corrected chi connectivity index (χ1v) is 7.15. The topological polar surface area (TPSA) is 49.3 Å². The number of benzene rings is 1. The van der Waals surface area contributed by atoms with Crippen molar-refractivity contribution in [3.8, 4) is 0 Å². The molecule has 4 heteroatoms. The highest BCUT2D eigenvalue weighted by Crippen LogP contribution is 2.17. The van der Waals surface area contributed by atoms with Crippen molar-refractivity contribution in [2.75, 3.05) is 6.61 Å². The van der Waals surface area contributed by atoms with Gasteiger partial charge in [0, 0.05) is 11.1 Å². The Morgan fingerprint density at radius 3 is 2.70 bits per heavy atom. The Morgan fingerprint density at radius 1 is 1.45 bits per heavy atom. The molecule has 1 atom stereocenters. The molecular weight excluding hydrogens is 274 g/mol. The minimum absolute atomic E-state index is 0.0475. The summed E-state index contributed by atoms with van der Waals surface area (Å²) in [6, 6.07) is 5.43. The van der Waals surface area contributed by atoms with E-state index in [2.05, 4.69) is 19.2 Å². The Morgan fingerprint density at radius 2 is 2.15 bits per heavy atom. The average molecular weight is 296 g/mol. The molecule has 1 rings (SSSR count). The van der Waals surface area contributed by atoms with E-state index in [1.165, 1.54) is 6.08 Å². The second kappa shape index (κ2) is 8.08. The van der Waals surface area contributed by atoms with Crippen LogP contribution in [0.15, 0.2) is 24.3 Å². The standard InChI is InChI=1S/C16H22ClNO2/c1-11(2)8-14(10-19)18-16(20)7-6-13-5-4-12(3)15(17)9-13/h4-7,9,11,14,19H,8,10H2,1-3H3,(H,18,20). The minimum atomic E-state index is -0.207. The maximum Gasteiger partial charge on any atom is 0.244 e. The molecule has 0 aliphatic heterocycles. The molecule has 0 bridgehead atoms. The van der Waals surface area contributed by atoms with E-state index in [4.69, 9.17) is 11.6 Å². The van der Waals surface area contributed by atoms with Crippen LogP contribution in [0.2, 0.25) is 5.02 Å². The van der Waals surface area contributed by atoms with E-state index >= 15 is 0 Å². The van der Waals surface area contributed by atoms with Gasteiger partial charge in [0.15, 0.2) is 0 Å². The molecule has 0 radical (unpaired) electrons. The van der Waals surface area contributed by atoms with Gasteiger partial charge >= 0.3 is 0 Å². The quantitative estimate of drug-likeness (QED) is 0.792. The maximum absolute atomic E-state index is 11.8. The molecule has 0 aliphatic rings. The van der Waals surface area contributed by atoms with Gasteiger partial charge in [-0.05, 0) is 42.5 Å². The Hall–Kier alpha value is -1.32. The highest BCUT2D eigenvalue weighted by molar-refractivity contribution is 6.31. The third kappa shape index (κ3) is 5.76. The molecule has 20 heavy (non-hydrogen) atoms. The summed E-state index contributed by atoms with van der Waals surface area (Å²) in [6.45, 7) is 5.99. The second-order valence-corrected chi connectivity index (χ2v) is 5.77. The SMILES string of the molecule is Cc1ccc(C=CC(=O)NC(CO)CC(C)C)cc1Cl. The summed E-state index contributed by atoms with van der Waals surface area (Å²) in [7, 11) is 0. The Bertz CT molecular complexity index is 483. The number of aryl methyl sites for hydroxylation is 1. The van der Waals surface area contributed by atoms with E-state index in [1.54, 1.807) is 6.08 Å². The van der Waals surface area contributed by atoms with Gasteiger partial charge in [-0.15, -0.1) is 0 Å². The van der Waals surface area contributed by atoms with Crippen LogP contribution in [0.3, 0.4) is 0 Å². The van der Waals surface area contributed by atoms with Gasteiger partial charge in [0.25, 0.3) is 0 Å². The van der Waals surface area contributed by atoms with Crippen LogP contribution in [-0.4, -0.2) is 23.7 Å². The Balaban J connectivity index is 2.60. The normalized spacial score (nSPS) is 12.9. The fourth-order valence-electron chi connectivity index (χ4n) is 1.88. The van der Waals surface area contributed by atoms with Gasteiger partial charge in [-0.3, -0.25) is 4.79 Å². The minimum Gasteiger partial charge on any atom is -0.394 e. The van der Waals surface area contributed by atoms with Crippen LogP contribution in [0.4, 0.5) is 0 Å². The third-order valence-corrected chi connectivity index (χ3v) is 3.35. The van der Waals surface area contributed by atoms with E-state index in [0.29, 0.717) is 10.9 Å². The molecule has 1 amide bonds. The van der Waals surface area contributed by atoms with E-state index in [1.807, 2.05) is 25.1 Å². The van der Waals surface area contributed by atoms with Crippen molar-refractivity contribution in [2.45, 2.75) is 33.2 Å². The van der Waals surface area contributed by atoms with Gasteiger partial charge in [0.05, 0.1) is 12.6 Å². The Kier molecular flexibility index (Phi) is 6.76. The predicted molar refractivity (Wildman–Crippen MR) is 83.7 cm³/mol. The van der Waals surface area contributed by atoms with Gasteiger partial charge in [-0.2, -0.15) is 0 Å². The van der Waals surface area contributed by atoms with Crippen molar-refractivity contribution in [1.29, 1.82) is 0 Å². The van der Waals surface area contributed by atoms with Gasteiger partial charge in [0.1, 0.15) is 0 Å². The number of rotatable bonds is 6. The number of carbonyl (C=O) groups excluding carboxylic acids is 1. The van der Waals surface area contributed by atoms with Crippen molar-refractivity contribution in [1.82, 2.24) is 5.32 Å². The zero-order valence-electron chi connectivity index (χ0n) is 12.2. The van der Waals surface area contributed by atoms with E-state index in [-0.39, 0.29) is 18.6 Å². The first kappa shape index (κ1) is 16.7. The van der Waals surface area contributed by atoms with Crippen molar-refractivity contribution in [3.05, 3.63) is 40.4 Å². The second-order valence-electron chi connectivity index (χ2n) is 5.36. The largest absolute Gasteiger partial charge is 0.394 e. The van der Waals surface area contributed by atoms with Crippen LogP contribution >= 0.6 is 11.6 Å². The lowest BCUT2D eigenvalue weighted by atomic mass is 10.0. The molecule has 3 nitrogen and oxygen atoms in total. The molecule has 110 valence electrons. The highest BCUT2D eigenvalue weighted by Gasteiger charge is 2.11. The molecule has 1 unspecified atom stereocenters. The van der Waals surface area contributed by atoms with Gasteiger partial charge in [-0.1, -0.05) is 37.6 Å². The molecule has 1 aromatic rings. The summed E-state index contributed by atoms with van der Waals surface area (Å²) in [5.74, 6) is 0.216. The first-order chi connectivity index (χ1) is 9.42. The molecule has 1 aromatic carbocycles. The summed E-state index contributed by atoms with van der Waals surface area (Å²) in [4.78, 5) is 11.8. The van der Waals surface area contributed by atoms with Crippen molar-refractivity contribution < 1.29 is 9.90 Å². The molecule has 0 saturated carbocycles. The van der Waals surface area contributed by atoms with Crippen LogP contribution in [0, 0.1) is 12.8 Å². The lowest BCUT2D eigenvalue weighted by Crippen LogP contribution is -2.37. The average Bonchev–Trinajstić information content (AvgIpc) is 2.39. The van der Waals surface area contributed by atoms with E-state index < -0.39 is 0 Å². The number of hydrogen-bond donors (Lipinski definition) is 2. The van der Waals surface area contributed by atoms with Crippen LogP contribution in [0.25, 0.3) is 6.08 Å². The van der Waals surface area contributed by atoms with Crippen LogP contribution in [-0.2, 0) is 4.79 Å². The summed E-state index contributed by atoms with van der Waals surface area (Å²) in [5, 5.41) is 12.7. The zero-order valence-corrected chi connectivity index (χ0v) is 12.9.